The average Bonchev–Trinajstić information content (AvgIpc) is 3.39. The Morgan fingerprint density at radius 3 is 2.78 bits per heavy atom. The van der Waals surface area contributed by atoms with E-state index in [2.05, 4.69) is 16.1 Å². The minimum absolute atomic E-state index is 0.0386. The van der Waals surface area contributed by atoms with E-state index in [9.17, 15) is 18.0 Å². The van der Waals surface area contributed by atoms with Crippen molar-refractivity contribution in [3.8, 4) is 10.4 Å². The number of hydrogen-bond acceptors (Lipinski definition) is 7. The lowest BCUT2D eigenvalue weighted by Gasteiger charge is -2.35. The predicted octanol–water partition coefficient (Wildman–Crippen LogP) is 4.53. The molecule has 2 aliphatic heterocycles. The molecule has 202 valence electrons. The molecule has 3 heterocycles. The third-order valence-electron chi connectivity index (χ3n) is 6.57. The number of halogens is 1. The quantitative estimate of drug-likeness (QED) is 0.301. The van der Waals surface area contributed by atoms with Gasteiger partial charge in [0, 0.05) is 40.9 Å². The Kier molecular flexibility index (Phi) is 9.46. The van der Waals surface area contributed by atoms with Gasteiger partial charge >= 0.3 is 6.03 Å². The van der Waals surface area contributed by atoms with E-state index in [0.29, 0.717) is 55.3 Å². The molecule has 0 radical (unpaired) electrons. The van der Waals surface area contributed by atoms with E-state index in [0.717, 1.165) is 23.3 Å². The van der Waals surface area contributed by atoms with Gasteiger partial charge in [-0.1, -0.05) is 18.6 Å². The Morgan fingerprint density at radius 1 is 1.16 bits per heavy atom. The van der Waals surface area contributed by atoms with Crippen molar-refractivity contribution in [1.82, 2.24) is 10.8 Å². The Balaban J connectivity index is 1.53. The predicted molar refractivity (Wildman–Crippen MR) is 144 cm³/mol. The maximum Gasteiger partial charge on any atom is 0.319 e. The fourth-order valence-corrected chi connectivity index (χ4v) is 8.54. The van der Waals surface area contributed by atoms with Crippen LogP contribution in [0.3, 0.4) is 0 Å². The number of thiophene rings is 1. The summed E-state index contributed by atoms with van der Waals surface area (Å²) in [6.07, 6.45) is 3.51. The number of amides is 3. The molecule has 2 atom stereocenters. The van der Waals surface area contributed by atoms with Crippen molar-refractivity contribution in [2.75, 3.05) is 30.1 Å². The largest absolute Gasteiger partial charge is 0.350 e. The highest BCUT2D eigenvalue weighted by Gasteiger charge is 2.49. The topological polar surface area (TPSA) is 123 Å². The van der Waals surface area contributed by atoms with Gasteiger partial charge in [0.2, 0.25) is 5.91 Å². The van der Waals surface area contributed by atoms with Crippen LogP contribution < -0.4 is 16.1 Å². The molecule has 0 saturated carbocycles. The fraction of sp³-hybridized carbons (Fsp3) is 0.520. The van der Waals surface area contributed by atoms with Crippen LogP contribution in [0.2, 0.25) is 0 Å². The van der Waals surface area contributed by atoms with Crippen LogP contribution in [0.5, 0.6) is 0 Å². The number of benzene rings is 1. The van der Waals surface area contributed by atoms with Crippen LogP contribution in [0.15, 0.2) is 36.4 Å². The molecule has 0 spiro atoms. The van der Waals surface area contributed by atoms with Gasteiger partial charge in [-0.15, -0.1) is 22.9 Å². The monoisotopic (exact) mass is 569 g/mol. The summed E-state index contributed by atoms with van der Waals surface area (Å²) in [6, 6.07) is 10.6. The lowest BCUT2D eigenvalue weighted by molar-refractivity contribution is -0.200. The first-order chi connectivity index (χ1) is 17.8. The number of carbonyl (C=O) groups is 2. The number of ether oxygens (including phenoxy) is 1. The molecule has 3 amide bonds. The maximum atomic E-state index is 13.5. The zero-order valence-corrected chi connectivity index (χ0v) is 22.9. The van der Waals surface area contributed by atoms with Crippen molar-refractivity contribution in [1.29, 1.82) is 0 Å². The molecule has 9 nitrogen and oxygen atoms in total. The van der Waals surface area contributed by atoms with Gasteiger partial charge in [-0.2, -0.15) is 0 Å². The standard InChI is InChI=1S/C25H32ClN3O6S2/c26-12-13-27-24(31)28-19-7-5-6-18(16-19)20-9-10-21(36-20)25(11-2-4-15-37(25,32)33)17-22(30)29-35-23-8-1-3-14-34-23/h5-7,9-10,16,23H,1-4,8,11-15,17H2,(H,29,30)(H2,27,28,31)/t23?,25-/m0/s1. The van der Waals surface area contributed by atoms with Gasteiger partial charge in [-0.3, -0.25) is 4.79 Å². The summed E-state index contributed by atoms with van der Waals surface area (Å²) >= 11 is 6.97. The lowest BCUT2D eigenvalue weighted by atomic mass is 9.94. The SMILES string of the molecule is O=C(C[C@]1(c2ccc(-c3cccc(NC(=O)NCCCl)c3)s2)CCCCS1(=O)=O)NOC1CCCCO1. The van der Waals surface area contributed by atoms with Crippen LogP contribution in [-0.2, 0) is 29.0 Å². The van der Waals surface area contributed by atoms with E-state index in [4.69, 9.17) is 21.2 Å². The number of urea groups is 1. The van der Waals surface area contributed by atoms with E-state index < -0.39 is 26.8 Å². The smallest absolute Gasteiger partial charge is 0.319 e. The Morgan fingerprint density at radius 2 is 2.03 bits per heavy atom. The van der Waals surface area contributed by atoms with Crippen LogP contribution >= 0.6 is 22.9 Å². The first-order valence-corrected chi connectivity index (χ1v) is 15.4. The number of nitrogens with one attached hydrogen (secondary N) is 3. The molecule has 2 fully saturated rings. The highest BCUT2D eigenvalue weighted by molar-refractivity contribution is 7.92. The zero-order chi connectivity index (χ0) is 26.3. The van der Waals surface area contributed by atoms with Gasteiger partial charge in [0.1, 0.15) is 4.75 Å². The second-order valence-electron chi connectivity index (χ2n) is 9.20. The molecule has 3 N–H and O–H groups in total. The normalized spacial score (nSPS) is 23.2. The first kappa shape index (κ1) is 27.8. The zero-order valence-electron chi connectivity index (χ0n) is 20.5. The Bertz CT molecular complexity index is 1200. The van der Waals surface area contributed by atoms with E-state index in [1.807, 2.05) is 24.3 Å². The highest BCUT2D eigenvalue weighted by Crippen LogP contribution is 2.47. The summed E-state index contributed by atoms with van der Waals surface area (Å²) in [4.78, 5) is 31.8. The van der Waals surface area contributed by atoms with Gasteiger partial charge in [0.25, 0.3) is 0 Å². The number of alkyl halides is 1. The first-order valence-electron chi connectivity index (χ1n) is 12.4. The molecule has 2 saturated heterocycles. The molecule has 37 heavy (non-hydrogen) atoms. The van der Waals surface area contributed by atoms with Gasteiger partial charge < -0.3 is 15.4 Å². The molecule has 12 heteroatoms. The molecule has 0 aliphatic carbocycles. The third-order valence-corrected chi connectivity index (χ3v) is 10.8. The summed E-state index contributed by atoms with van der Waals surface area (Å²) < 4.78 is 31.1. The maximum absolute atomic E-state index is 13.5. The van der Waals surface area contributed by atoms with Crippen LogP contribution in [-0.4, -0.2) is 51.4 Å². The van der Waals surface area contributed by atoms with Crippen molar-refractivity contribution >= 4 is 50.4 Å². The number of sulfone groups is 1. The van der Waals surface area contributed by atoms with Crippen LogP contribution in [0.1, 0.15) is 49.8 Å². The lowest BCUT2D eigenvalue weighted by Crippen LogP contribution is -2.45. The molecular formula is C25H32ClN3O6S2. The van der Waals surface area contributed by atoms with Crippen molar-refractivity contribution in [3.63, 3.8) is 0 Å². The van der Waals surface area contributed by atoms with E-state index in [1.54, 1.807) is 12.1 Å². The van der Waals surface area contributed by atoms with E-state index in [1.165, 1.54) is 11.3 Å². The summed E-state index contributed by atoms with van der Waals surface area (Å²) in [6.45, 7) is 0.926. The summed E-state index contributed by atoms with van der Waals surface area (Å²) in [5, 5.41) is 5.42. The molecule has 0 bridgehead atoms. The van der Waals surface area contributed by atoms with Gasteiger partial charge in [-0.25, -0.2) is 23.5 Å². The number of anilines is 1. The number of hydroxylamine groups is 1. The van der Waals surface area contributed by atoms with Gasteiger partial charge in [-0.05, 0) is 55.5 Å². The number of hydrogen-bond donors (Lipinski definition) is 3. The highest BCUT2D eigenvalue weighted by atomic mass is 35.5. The average molecular weight is 570 g/mol. The molecule has 1 aromatic carbocycles. The van der Waals surface area contributed by atoms with Crippen molar-refractivity contribution in [3.05, 3.63) is 41.3 Å². The third kappa shape index (κ3) is 6.83. The van der Waals surface area contributed by atoms with Crippen molar-refractivity contribution < 1.29 is 27.6 Å². The van der Waals surface area contributed by atoms with Crippen LogP contribution in [0.25, 0.3) is 10.4 Å². The summed E-state index contributed by atoms with van der Waals surface area (Å²) in [5.41, 5.74) is 3.86. The van der Waals surface area contributed by atoms with E-state index >= 15 is 0 Å². The van der Waals surface area contributed by atoms with Gasteiger partial charge in [0.05, 0.1) is 12.2 Å². The number of rotatable bonds is 9. The minimum atomic E-state index is -3.59. The second kappa shape index (κ2) is 12.6. The Labute approximate surface area is 226 Å². The van der Waals surface area contributed by atoms with Crippen LogP contribution in [0.4, 0.5) is 10.5 Å². The molecule has 1 aromatic heterocycles. The minimum Gasteiger partial charge on any atom is -0.350 e. The molecule has 4 rings (SSSR count). The van der Waals surface area contributed by atoms with Gasteiger partial charge in [0.15, 0.2) is 16.1 Å². The molecule has 1 unspecified atom stereocenters. The van der Waals surface area contributed by atoms with Crippen LogP contribution in [0, 0.1) is 0 Å². The molecule has 2 aliphatic rings. The van der Waals surface area contributed by atoms with Crippen molar-refractivity contribution in [2.45, 2.75) is 56.0 Å². The second-order valence-corrected chi connectivity index (χ2v) is 13.1. The summed E-state index contributed by atoms with van der Waals surface area (Å²) in [5.74, 6) is -0.130. The Hall–Kier alpha value is -2.18. The number of carbonyl (C=O) groups excluding carboxylic acids is 2. The summed E-state index contributed by atoms with van der Waals surface area (Å²) in [7, 11) is -3.59. The fourth-order valence-electron chi connectivity index (χ4n) is 4.67. The molecular weight excluding hydrogens is 538 g/mol. The molecule has 2 aromatic rings. The van der Waals surface area contributed by atoms with Crippen molar-refractivity contribution in [2.24, 2.45) is 0 Å². The van der Waals surface area contributed by atoms with E-state index in [-0.39, 0.29) is 18.2 Å².